The van der Waals surface area contributed by atoms with Gasteiger partial charge in [0.25, 0.3) is 0 Å². The summed E-state index contributed by atoms with van der Waals surface area (Å²) >= 11 is 0. The number of nitrogens with zero attached hydrogens (tertiary/aromatic N) is 5. The highest BCUT2D eigenvalue weighted by molar-refractivity contribution is 5.79. The summed E-state index contributed by atoms with van der Waals surface area (Å²) in [6.45, 7) is 10.3. The van der Waals surface area contributed by atoms with E-state index < -0.39 is 0 Å². The van der Waals surface area contributed by atoms with Gasteiger partial charge in [-0.1, -0.05) is 18.6 Å². The van der Waals surface area contributed by atoms with Crippen molar-refractivity contribution in [3.05, 3.63) is 54.8 Å². The molecule has 0 amide bonds. The number of aromatic nitrogens is 3. The maximum absolute atomic E-state index is 4.76. The summed E-state index contributed by atoms with van der Waals surface area (Å²) in [6.07, 6.45) is 12.3. The smallest absolute Gasteiger partial charge is 0.193 e. The third-order valence-electron chi connectivity index (χ3n) is 4.39. The third-order valence-corrected chi connectivity index (χ3v) is 4.39. The highest BCUT2D eigenvalue weighted by atomic mass is 15.3. The Morgan fingerprint density at radius 3 is 2.78 bits per heavy atom. The number of allylic oxidation sites excluding steroid dienone is 1. The van der Waals surface area contributed by atoms with Gasteiger partial charge in [-0.3, -0.25) is 4.57 Å². The highest BCUT2D eigenvalue weighted by Gasteiger charge is 2.06. The number of hydrogen-bond acceptors (Lipinski definition) is 3. The van der Waals surface area contributed by atoms with Crippen LogP contribution in [0.5, 0.6) is 0 Å². The van der Waals surface area contributed by atoms with Crippen molar-refractivity contribution in [3.8, 4) is 5.82 Å². The van der Waals surface area contributed by atoms with Crippen molar-refractivity contribution in [2.45, 2.75) is 46.1 Å². The van der Waals surface area contributed by atoms with E-state index in [-0.39, 0.29) is 0 Å². The monoisotopic (exact) mass is 368 g/mol. The van der Waals surface area contributed by atoms with E-state index >= 15 is 0 Å². The van der Waals surface area contributed by atoms with Gasteiger partial charge in [-0.2, -0.15) is 0 Å². The van der Waals surface area contributed by atoms with Gasteiger partial charge in [0.05, 0.1) is 6.54 Å². The SMILES string of the molecule is C=CCCCCCN(C)C(=NCc1ccc(-n2ccnc2C)nc1)NCC. The molecule has 0 bridgehead atoms. The number of imidazole rings is 1. The molecule has 0 radical (unpaired) electrons. The zero-order chi connectivity index (χ0) is 19.5. The topological polar surface area (TPSA) is 58.3 Å². The number of aryl methyl sites for hydroxylation is 1. The quantitative estimate of drug-likeness (QED) is 0.300. The number of rotatable bonds is 10. The minimum absolute atomic E-state index is 0.610. The van der Waals surface area contributed by atoms with Gasteiger partial charge in [0, 0.05) is 38.7 Å². The van der Waals surface area contributed by atoms with Crippen LogP contribution in [0.4, 0.5) is 0 Å². The minimum Gasteiger partial charge on any atom is -0.357 e. The lowest BCUT2D eigenvalue weighted by molar-refractivity contribution is 0.455. The number of aliphatic imine (C=N–C) groups is 1. The van der Waals surface area contributed by atoms with E-state index in [0.717, 1.165) is 49.1 Å². The van der Waals surface area contributed by atoms with Gasteiger partial charge in [-0.15, -0.1) is 6.58 Å². The summed E-state index contributed by atoms with van der Waals surface area (Å²) in [5.74, 6) is 2.74. The van der Waals surface area contributed by atoms with Crippen molar-refractivity contribution < 1.29 is 0 Å². The van der Waals surface area contributed by atoms with Crippen molar-refractivity contribution in [1.29, 1.82) is 0 Å². The summed E-state index contributed by atoms with van der Waals surface area (Å²) < 4.78 is 1.97. The highest BCUT2D eigenvalue weighted by Crippen LogP contribution is 2.09. The van der Waals surface area contributed by atoms with Crippen LogP contribution in [-0.4, -0.2) is 45.5 Å². The molecule has 6 nitrogen and oxygen atoms in total. The first kappa shape index (κ1) is 20.7. The molecule has 0 aromatic carbocycles. The maximum atomic E-state index is 4.76. The van der Waals surface area contributed by atoms with Gasteiger partial charge in [-0.25, -0.2) is 15.0 Å². The Bertz CT molecular complexity index is 717. The lowest BCUT2D eigenvalue weighted by atomic mass is 10.2. The van der Waals surface area contributed by atoms with Crippen LogP contribution < -0.4 is 5.32 Å². The second kappa shape index (κ2) is 11.2. The van der Waals surface area contributed by atoms with Crippen molar-refractivity contribution >= 4 is 5.96 Å². The molecule has 0 saturated heterocycles. The molecule has 1 N–H and O–H groups in total. The van der Waals surface area contributed by atoms with E-state index in [1.165, 1.54) is 12.8 Å². The lowest BCUT2D eigenvalue weighted by Gasteiger charge is -2.22. The first-order chi connectivity index (χ1) is 13.2. The van der Waals surface area contributed by atoms with Gasteiger partial charge in [0.15, 0.2) is 5.96 Å². The van der Waals surface area contributed by atoms with Crippen LogP contribution in [0.15, 0.2) is 48.4 Å². The molecule has 2 heterocycles. The second-order valence-corrected chi connectivity index (χ2v) is 6.60. The molecule has 2 aromatic rings. The van der Waals surface area contributed by atoms with E-state index in [2.05, 4.69) is 46.8 Å². The molecule has 2 rings (SSSR count). The first-order valence-electron chi connectivity index (χ1n) is 9.71. The molecule has 0 atom stereocenters. The van der Waals surface area contributed by atoms with Crippen molar-refractivity contribution in [3.63, 3.8) is 0 Å². The predicted octanol–water partition coefficient (Wildman–Crippen LogP) is 3.72. The predicted molar refractivity (Wildman–Crippen MR) is 112 cm³/mol. The Kier molecular flexibility index (Phi) is 8.55. The molecular weight excluding hydrogens is 336 g/mol. The molecular formula is C21H32N6. The molecule has 2 aromatic heterocycles. The molecule has 0 aliphatic heterocycles. The van der Waals surface area contributed by atoms with Crippen molar-refractivity contribution in [2.75, 3.05) is 20.1 Å². The molecule has 146 valence electrons. The summed E-state index contributed by atoms with van der Waals surface area (Å²) in [5.41, 5.74) is 1.09. The standard InChI is InChI=1S/C21H32N6/c1-5-7-8-9-10-14-26(4)21(22-6-2)25-17-19-11-12-20(24-16-19)27-15-13-23-18(27)3/h5,11-13,15-16H,1,6-10,14,17H2,2-4H3,(H,22,25). The molecule has 0 aliphatic rings. The zero-order valence-corrected chi connectivity index (χ0v) is 16.9. The minimum atomic E-state index is 0.610. The fourth-order valence-corrected chi connectivity index (χ4v) is 2.83. The van der Waals surface area contributed by atoms with E-state index in [1.807, 2.05) is 36.0 Å². The Balaban J connectivity index is 1.93. The van der Waals surface area contributed by atoms with E-state index in [9.17, 15) is 0 Å². The number of hydrogen-bond donors (Lipinski definition) is 1. The average molecular weight is 369 g/mol. The van der Waals surface area contributed by atoms with Crippen LogP contribution in [0.1, 0.15) is 44.0 Å². The normalized spacial score (nSPS) is 11.4. The van der Waals surface area contributed by atoms with Crippen LogP contribution in [-0.2, 0) is 6.54 Å². The number of guanidine groups is 1. The van der Waals surface area contributed by atoms with E-state index in [1.54, 1.807) is 6.20 Å². The van der Waals surface area contributed by atoms with Gasteiger partial charge >= 0.3 is 0 Å². The molecule has 0 saturated carbocycles. The Labute approximate surface area is 163 Å². The average Bonchev–Trinajstić information content (AvgIpc) is 3.11. The second-order valence-electron chi connectivity index (χ2n) is 6.60. The van der Waals surface area contributed by atoms with Crippen molar-refractivity contribution in [1.82, 2.24) is 24.8 Å². The number of unbranched alkanes of at least 4 members (excludes halogenated alkanes) is 3. The lowest BCUT2D eigenvalue weighted by Crippen LogP contribution is -2.39. The van der Waals surface area contributed by atoms with Crippen LogP contribution >= 0.6 is 0 Å². The van der Waals surface area contributed by atoms with Gasteiger partial charge in [0.1, 0.15) is 11.6 Å². The molecule has 0 fully saturated rings. The summed E-state index contributed by atoms with van der Waals surface area (Å²) in [4.78, 5) is 15.7. The third kappa shape index (κ3) is 6.55. The largest absolute Gasteiger partial charge is 0.357 e. The summed E-state index contributed by atoms with van der Waals surface area (Å²) in [5, 5.41) is 3.37. The van der Waals surface area contributed by atoms with Gasteiger partial charge < -0.3 is 10.2 Å². The Morgan fingerprint density at radius 1 is 1.30 bits per heavy atom. The molecule has 0 spiro atoms. The van der Waals surface area contributed by atoms with E-state index in [4.69, 9.17) is 4.99 Å². The van der Waals surface area contributed by atoms with Crippen LogP contribution in [0, 0.1) is 6.92 Å². The van der Waals surface area contributed by atoms with Crippen molar-refractivity contribution in [2.24, 2.45) is 4.99 Å². The van der Waals surface area contributed by atoms with Crippen LogP contribution in [0.2, 0.25) is 0 Å². The fourth-order valence-electron chi connectivity index (χ4n) is 2.83. The first-order valence-corrected chi connectivity index (χ1v) is 9.71. The fraction of sp³-hybridized carbons (Fsp3) is 0.476. The Hall–Kier alpha value is -2.63. The zero-order valence-electron chi connectivity index (χ0n) is 16.9. The molecule has 0 aliphatic carbocycles. The number of pyridine rings is 1. The number of nitrogens with one attached hydrogen (secondary N) is 1. The molecule has 27 heavy (non-hydrogen) atoms. The summed E-state index contributed by atoms with van der Waals surface area (Å²) in [7, 11) is 2.10. The van der Waals surface area contributed by atoms with E-state index in [0.29, 0.717) is 6.54 Å². The van der Waals surface area contributed by atoms with Gasteiger partial charge in [0.2, 0.25) is 0 Å². The van der Waals surface area contributed by atoms with Gasteiger partial charge in [-0.05, 0) is 44.7 Å². The van der Waals surface area contributed by atoms with Crippen LogP contribution in [0.25, 0.3) is 5.82 Å². The maximum Gasteiger partial charge on any atom is 0.193 e. The summed E-state index contributed by atoms with van der Waals surface area (Å²) in [6, 6.07) is 4.08. The molecule has 6 heteroatoms. The molecule has 0 unspecified atom stereocenters. The van der Waals surface area contributed by atoms with Crippen LogP contribution in [0.3, 0.4) is 0 Å². The Morgan fingerprint density at radius 2 is 2.15 bits per heavy atom.